The van der Waals surface area contributed by atoms with Gasteiger partial charge in [-0.2, -0.15) is 13.2 Å². The summed E-state index contributed by atoms with van der Waals surface area (Å²) < 4.78 is 74.9. The van der Waals surface area contributed by atoms with Gasteiger partial charge in [0.1, 0.15) is 29.3 Å². The molecule has 0 aliphatic carbocycles. The zero-order valence-corrected chi connectivity index (χ0v) is 20.1. The minimum Gasteiger partial charge on any atom is -0.497 e. The van der Waals surface area contributed by atoms with Crippen molar-refractivity contribution < 1.29 is 31.5 Å². The Morgan fingerprint density at radius 2 is 1.71 bits per heavy atom. The molecule has 1 amide bonds. The van der Waals surface area contributed by atoms with E-state index in [2.05, 4.69) is 9.97 Å². The van der Waals surface area contributed by atoms with Gasteiger partial charge in [0.25, 0.3) is 5.91 Å². The van der Waals surface area contributed by atoms with Crippen molar-refractivity contribution >= 4 is 5.91 Å². The average molecular weight is 528 g/mol. The maximum Gasteiger partial charge on any atom is 0.416 e. The molecule has 0 fully saturated rings. The van der Waals surface area contributed by atoms with Crippen molar-refractivity contribution in [3.63, 3.8) is 0 Å². The highest BCUT2D eigenvalue weighted by molar-refractivity contribution is 5.94. The number of hydrogen-bond acceptors (Lipinski definition) is 4. The Balaban J connectivity index is 1.40. The van der Waals surface area contributed by atoms with Crippen molar-refractivity contribution in [3.05, 3.63) is 101 Å². The molecule has 0 bridgehead atoms. The molecule has 0 saturated carbocycles. The predicted octanol–water partition coefficient (Wildman–Crippen LogP) is 5.50. The van der Waals surface area contributed by atoms with E-state index in [1.54, 1.807) is 24.1 Å². The van der Waals surface area contributed by atoms with E-state index in [0.29, 0.717) is 31.5 Å². The highest BCUT2D eigenvalue weighted by atomic mass is 19.4. The van der Waals surface area contributed by atoms with Gasteiger partial charge in [-0.15, -0.1) is 0 Å². The number of benzene rings is 2. The molecule has 4 aromatic rings. The van der Waals surface area contributed by atoms with Crippen LogP contribution in [0.4, 0.5) is 22.0 Å². The largest absolute Gasteiger partial charge is 0.497 e. The number of amides is 1. The van der Waals surface area contributed by atoms with Crippen molar-refractivity contribution in [1.82, 2.24) is 19.4 Å². The summed E-state index contributed by atoms with van der Waals surface area (Å²) >= 11 is 0. The number of carbonyl (C=O) groups excluding carboxylic acids is 1. The lowest BCUT2D eigenvalue weighted by molar-refractivity contribution is -0.137. The summed E-state index contributed by atoms with van der Waals surface area (Å²) in [6.45, 7) is 0.991. The first-order valence-electron chi connectivity index (χ1n) is 11.6. The Morgan fingerprint density at radius 3 is 2.42 bits per heavy atom. The monoisotopic (exact) mass is 528 g/mol. The Kier molecular flexibility index (Phi) is 6.60. The Hall–Kier alpha value is -4.28. The molecule has 0 unspecified atom stereocenters. The van der Waals surface area contributed by atoms with E-state index in [4.69, 9.17) is 4.74 Å². The molecular formula is C27H21F5N4O2. The van der Waals surface area contributed by atoms with Gasteiger partial charge in [-0.05, 0) is 47.5 Å². The second-order valence-electron chi connectivity index (χ2n) is 8.87. The maximum atomic E-state index is 15.1. The van der Waals surface area contributed by atoms with E-state index in [1.165, 1.54) is 10.6 Å². The van der Waals surface area contributed by atoms with Gasteiger partial charge in [0, 0.05) is 37.8 Å². The van der Waals surface area contributed by atoms with Gasteiger partial charge in [0.15, 0.2) is 5.82 Å². The molecule has 0 spiro atoms. The van der Waals surface area contributed by atoms with Gasteiger partial charge in [0.2, 0.25) is 0 Å². The molecular weight excluding hydrogens is 507 g/mol. The van der Waals surface area contributed by atoms with Gasteiger partial charge >= 0.3 is 6.18 Å². The number of fused-ring (bicyclic) bond motifs is 1. The molecule has 196 valence electrons. The third-order valence-corrected chi connectivity index (χ3v) is 6.32. The number of aromatic nitrogens is 3. The van der Waals surface area contributed by atoms with Crippen molar-refractivity contribution in [1.29, 1.82) is 0 Å². The summed E-state index contributed by atoms with van der Waals surface area (Å²) in [4.78, 5) is 23.0. The number of alkyl halides is 3. The standard InChI is InChI=1S/C27H21F5N4O2/c1-38-21-4-2-16(3-5-21)14-35-6-7-36-24(26(35)37)13-22(29)25(36)23-12-20(33-15-34-23)10-17-8-18(27(30,31)32)11-19(28)9-17/h2-5,8-9,11-13,15H,6-7,10,14H2,1H3. The number of halogens is 5. The predicted molar refractivity (Wildman–Crippen MR) is 127 cm³/mol. The molecule has 38 heavy (non-hydrogen) atoms. The van der Waals surface area contributed by atoms with Gasteiger partial charge in [0.05, 0.1) is 18.4 Å². The normalized spacial score (nSPS) is 13.5. The Morgan fingerprint density at radius 1 is 0.947 bits per heavy atom. The highest BCUT2D eigenvalue weighted by Crippen LogP contribution is 2.32. The molecule has 2 aromatic carbocycles. The van der Waals surface area contributed by atoms with Crippen LogP contribution in [0, 0.1) is 11.6 Å². The summed E-state index contributed by atoms with van der Waals surface area (Å²) in [5, 5.41) is 0. The molecule has 3 heterocycles. The van der Waals surface area contributed by atoms with Crippen LogP contribution in [-0.4, -0.2) is 39.0 Å². The van der Waals surface area contributed by atoms with Crippen LogP contribution >= 0.6 is 0 Å². The third-order valence-electron chi connectivity index (χ3n) is 6.32. The molecule has 1 aliphatic heterocycles. The first-order chi connectivity index (χ1) is 18.1. The van der Waals surface area contributed by atoms with Crippen LogP contribution in [-0.2, 0) is 25.7 Å². The molecule has 2 aromatic heterocycles. The number of rotatable bonds is 6. The summed E-state index contributed by atoms with van der Waals surface area (Å²) in [5.41, 5.74) is 0.532. The molecule has 0 N–H and O–H groups in total. The smallest absolute Gasteiger partial charge is 0.416 e. The number of carbonyl (C=O) groups is 1. The molecule has 1 aliphatic rings. The van der Waals surface area contributed by atoms with E-state index in [1.807, 2.05) is 12.1 Å². The fourth-order valence-electron chi connectivity index (χ4n) is 4.52. The fraction of sp³-hybridized carbons (Fsp3) is 0.222. The molecule has 0 atom stereocenters. The molecule has 6 nitrogen and oxygen atoms in total. The number of ether oxygens (including phenoxy) is 1. The second-order valence-corrected chi connectivity index (χ2v) is 8.87. The van der Waals surface area contributed by atoms with E-state index in [-0.39, 0.29) is 40.7 Å². The van der Waals surface area contributed by atoms with Gasteiger partial charge in [-0.1, -0.05) is 12.1 Å². The minimum atomic E-state index is -4.70. The van der Waals surface area contributed by atoms with E-state index in [9.17, 15) is 22.4 Å². The summed E-state index contributed by atoms with van der Waals surface area (Å²) in [6, 6.07) is 12.1. The van der Waals surface area contributed by atoms with Crippen molar-refractivity contribution in [2.45, 2.75) is 25.7 Å². The average Bonchev–Trinajstić information content (AvgIpc) is 3.22. The van der Waals surface area contributed by atoms with E-state index in [0.717, 1.165) is 30.1 Å². The summed E-state index contributed by atoms with van der Waals surface area (Å²) in [7, 11) is 1.56. The Bertz CT molecular complexity index is 1500. The van der Waals surface area contributed by atoms with Gasteiger partial charge in [-0.3, -0.25) is 4.79 Å². The van der Waals surface area contributed by atoms with Gasteiger partial charge < -0.3 is 14.2 Å². The topological polar surface area (TPSA) is 60.2 Å². The van der Waals surface area contributed by atoms with Crippen LogP contribution in [0.25, 0.3) is 11.4 Å². The quantitative estimate of drug-likeness (QED) is 0.310. The fourth-order valence-corrected chi connectivity index (χ4v) is 4.52. The second kappa shape index (κ2) is 9.88. The maximum absolute atomic E-state index is 15.1. The minimum absolute atomic E-state index is 0.0592. The van der Waals surface area contributed by atoms with Gasteiger partial charge in [-0.25, -0.2) is 18.7 Å². The summed E-state index contributed by atoms with van der Waals surface area (Å²) in [5.74, 6) is -1.32. The molecule has 0 radical (unpaired) electrons. The number of methoxy groups -OCH3 is 1. The third kappa shape index (κ3) is 5.09. The molecule has 0 saturated heterocycles. The van der Waals surface area contributed by atoms with E-state index >= 15 is 4.39 Å². The lowest BCUT2D eigenvalue weighted by Gasteiger charge is -2.29. The lowest BCUT2D eigenvalue weighted by Crippen LogP contribution is -2.39. The molecule has 11 heteroatoms. The zero-order chi connectivity index (χ0) is 27.0. The van der Waals surface area contributed by atoms with Crippen molar-refractivity contribution in [2.24, 2.45) is 0 Å². The zero-order valence-electron chi connectivity index (χ0n) is 20.1. The van der Waals surface area contributed by atoms with Crippen molar-refractivity contribution in [3.8, 4) is 17.1 Å². The van der Waals surface area contributed by atoms with Crippen LogP contribution in [0.15, 0.2) is 60.9 Å². The SMILES string of the molecule is COc1ccc(CN2CCn3c(cc(F)c3-c3cc(Cc4cc(F)cc(C(F)(F)F)c4)ncn3)C2=O)cc1. The van der Waals surface area contributed by atoms with E-state index < -0.39 is 23.4 Å². The Labute approximate surface area is 214 Å². The number of nitrogens with zero attached hydrogens (tertiary/aromatic N) is 4. The van der Waals surface area contributed by atoms with Crippen LogP contribution in [0.2, 0.25) is 0 Å². The first kappa shape index (κ1) is 25.4. The van der Waals surface area contributed by atoms with Crippen molar-refractivity contribution in [2.75, 3.05) is 13.7 Å². The lowest BCUT2D eigenvalue weighted by atomic mass is 10.0. The van der Waals surface area contributed by atoms with Crippen LogP contribution in [0.1, 0.15) is 32.9 Å². The highest BCUT2D eigenvalue weighted by Gasteiger charge is 2.32. The first-order valence-corrected chi connectivity index (χ1v) is 11.6. The molecule has 5 rings (SSSR count). The summed E-state index contributed by atoms with van der Waals surface area (Å²) in [6.07, 6.45) is -3.66. The number of hydrogen-bond donors (Lipinski definition) is 0. The van der Waals surface area contributed by atoms with Crippen LogP contribution < -0.4 is 4.74 Å². The van der Waals surface area contributed by atoms with Crippen LogP contribution in [0.5, 0.6) is 5.75 Å². The van der Waals surface area contributed by atoms with Crippen LogP contribution in [0.3, 0.4) is 0 Å².